The van der Waals surface area contributed by atoms with Gasteiger partial charge in [0.05, 0.1) is 10.2 Å². The Labute approximate surface area is 114 Å². The number of likely N-dealkylation sites (tertiary alicyclic amines) is 1. The summed E-state index contributed by atoms with van der Waals surface area (Å²) in [5, 5.41) is 5.41. The molecule has 0 spiro atoms. The molecule has 1 saturated heterocycles. The summed E-state index contributed by atoms with van der Waals surface area (Å²) < 4.78 is 1.05. The first kappa shape index (κ1) is 12.2. The van der Waals surface area contributed by atoms with E-state index in [-0.39, 0.29) is 12.1 Å². The normalized spacial score (nSPS) is 19.6. The summed E-state index contributed by atoms with van der Waals surface area (Å²) in [5.41, 5.74) is 6.28. The van der Waals surface area contributed by atoms with Gasteiger partial charge in [-0.1, -0.05) is 0 Å². The van der Waals surface area contributed by atoms with Crippen molar-refractivity contribution >= 4 is 33.4 Å². The molecule has 2 amide bonds. The standard InChI is InChI=1S/C12H15N5OS/c13-12(18)17-4-1-2-8(6-17)16-11-10-9(3-5-19-10)14-7-15-11/h3,5,7-8H,1-2,4,6H2,(H2,13,18)(H,14,15,16). The summed E-state index contributed by atoms with van der Waals surface area (Å²) in [5.74, 6) is 0.844. The zero-order valence-electron chi connectivity index (χ0n) is 10.4. The van der Waals surface area contributed by atoms with Crippen LogP contribution in [0.1, 0.15) is 12.8 Å². The highest BCUT2D eigenvalue weighted by Crippen LogP contribution is 2.26. The van der Waals surface area contributed by atoms with Gasteiger partial charge in [-0.25, -0.2) is 14.8 Å². The summed E-state index contributed by atoms with van der Waals surface area (Å²) in [6, 6.07) is 1.82. The maximum absolute atomic E-state index is 11.2. The van der Waals surface area contributed by atoms with E-state index in [1.54, 1.807) is 22.6 Å². The molecule has 0 aliphatic carbocycles. The number of aromatic nitrogens is 2. The third kappa shape index (κ3) is 2.46. The number of nitrogens with zero attached hydrogens (tertiary/aromatic N) is 3. The summed E-state index contributed by atoms with van der Waals surface area (Å²) in [4.78, 5) is 21.4. The van der Waals surface area contributed by atoms with Gasteiger partial charge in [0, 0.05) is 19.1 Å². The minimum atomic E-state index is -0.351. The largest absolute Gasteiger partial charge is 0.364 e. The first-order valence-corrected chi connectivity index (χ1v) is 7.11. The number of urea groups is 1. The Morgan fingerprint density at radius 3 is 3.26 bits per heavy atom. The molecule has 3 heterocycles. The maximum Gasteiger partial charge on any atom is 0.314 e. The fourth-order valence-electron chi connectivity index (χ4n) is 2.38. The summed E-state index contributed by atoms with van der Waals surface area (Å²) in [6.45, 7) is 1.37. The van der Waals surface area contributed by atoms with Crippen LogP contribution in [-0.2, 0) is 0 Å². The highest BCUT2D eigenvalue weighted by Gasteiger charge is 2.22. The van der Waals surface area contributed by atoms with Gasteiger partial charge in [0.25, 0.3) is 0 Å². The zero-order valence-corrected chi connectivity index (χ0v) is 11.2. The Morgan fingerprint density at radius 2 is 2.42 bits per heavy atom. The van der Waals surface area contributed by atoms with Crippen LogP contribution >= 0.6 is 11.3 Å². The molecule has 3 N–H and O–H groups in total. The molecule has 0 radical (unpaired) electrons. The quantitative estimate of drug-likeness (QED) is 0.874. The zero-order chi connectivity index (χ0) is 13.2. The number of anilines is 1. The summed E-state index contributed by atoms with van der Waals surface area (Å²) >= 11 is 1.62. The van der Waals surface area contributed by atoms with Crippen molar-refractivity contribution in [1.29, 1.82) is 0 Å². The van der Waals surface area contributed by atoms with Crippen LogP contribution in [0.25, 0.3) is 10.2 Å². The van der Waals surface area contributed by atoms with E-state index in [0.717, 1.165) is 35.4 Å². The molecule has 1 aliphatic heterocycles. The van der Waals surface area contributed by atoms with E-state index in [4.69, 9.17) is 5.73 Å². The first-order chi connectivity index (χ1) is 9.24. The van der Waals surface area contributed by atoms with Crippen molar-refractivity contribution in [3.05, 3.63) is 17.8 Å². The second kappa shape index (κ2) is 5.00. The molecule has 19 heavy (non-hydrogen) atoms. The van der Waals surface area contributed by atoms with Gasteiger partial charge in [-0.15, -0.1) is 11.3 Å². The average Bonchev–Trinajstić information content (AvgIpc) is 2.88. The van der Waals surface area contributed by atoms with Crippen molar-refractivity contribution in [3.63, 3.8) is 0 Å². The molecule has 100 valence electrons. The maximum atomic E-state index is 11.2. The number of carbonyl (C=O) groups is 1. The van der Waals surface area contributed by atoms with E-state index in [1.807, 2.05) is 11.4 Å². The van der Waals surface area contributed by atoms with Crippen molar-refractivity contribution in [2.45, 2.75) is 18.9 Å². The van der Waals surface area contributed by atoms with E-state index >= 15 is 0 Å². The third-order valence-corrected chi connectivity index (χ3v) is 4.23. The van der Waals surface area contributed by atoms with Gasteiger partial charge in [-0.2, -0.15) is 0 Å². The van der Waals surface area contributed by atoms with Gasteiger partial charge in [0.1, 0.15) is 12.1 Å². The van der Waals surface area contributed by atoms with Crippen molar-refractivity contribution in [2.75, 3.05) is 18.4 Å². The van der Waals surface area contributed by atoms with E-state index in [2.05, 4.69) is 15.3 Å². The number of hydrogen-bond acceptors (Lipinski definition) is 5. The number of nitrogens with two attached hydrogens (primary N) is 1. The van der Waals surface area contributed by atoms with Gasteiger partial charge in [-0.3, -0.25) is 0 Å². The van der Waals surface area contributed by atoms with Crippen LogP contribution in [-0.4, -0.2) is 40.0 Å². The number of piperidine rings is 1. The lowest BCUT2D eigenvalue weighted by molar-refractivity contribution is 0.192. The van der Waals surface area contributed by atoms with Gasteiger partial charge in [0.15, 0.2) is 0 Å². The van der Waals surface area contributed by atoms with Crippen molar-refractivity contribution in [3.8, 4) is 0 Å². The van der Waals surface area contributed by atoms with E-state index in [0.29, 0.717) is 6.54 Å². The SMILES string of the molecule is NC(=O)N1CCCC(Nc2ncnc3ccsc23)C1. The fraction of sp³-hybridized carbons (Fsp3) is 0.417. The molecular weight excluding hydrogens is 262 g/mol. The lowest BCUT2D eigenvalue weighted by Crippen LogP contribution is -2.47. The average molecular weight is 277 g/mol. The molecule has 6 nitrogen and oxygen atoms in total. The molecule has 0 bridgehead atoms. The number of thiophene rings is 1. The van der Waals surface area contributed by atoms with E-state index in [1.165, 1.54) is 0 Å². The molecule has 1 aliphatic rings. The monoisotopic (exact) mass is 277 g/mol. The Morgan fingerprint density at radius 1 is 1.53 bits per heavy atom. The third-order valence-electron chi connectivity index (χ3n) is 3.32. The fourth-order valence-corrected chi connectivity index (χ4v) is 3.18. The minimum absolute atomic E-state index is 0.196. The molecule has 3 rings (SSSR count). The molecule has 0 saturated carbocycles. The van der Waals surface area contributed by atoms with Crippen molar-refractivity contribution < 1.29 is 4.79 Å². The number of hydrogen-bond donors (Lipinski definition) is 2. The Bertz CT molecular complexity index is 599. The smallest absolute Gasteiger partial charge is 0.314 e. The Hall–Kier alpha value is -1.89. The van der Waals surface area contributed by atoms with Crippen molar-refractivity contribution in [2.24, 2.45) is 5.73 Å². The number of fused-ring (bicyclic) bond motifs is 1. The van der Waals surface area contributed by atoms with Crippen LogP contribution in [0.3, 0.4) is 0 Å². The van der Waals surface area contributed by atoms with Crippen LogP contribution in [0.15, 0.2) is 17.8 Å². The molecular formula is C12H15N5OS. The number of carbonyl (C=O) groups excluding carboxylic acids is 1. The van der Waals surface area contributed by atoms with Crippen LogP contribution in [0, 0.1) is 0 Å². The number of amides is 2. The van der Waals surface area contributed by atoms with Crippen LogP contribution in [0.5, 0.6) is 0 Å². The number of nitrogens with one attached hydrogen (secondary N) is 1. The summed E-state index contributed by atoms with van der Waals surface area (Å²) in [6.07, 6.45) is 3.53. The van der Waals surface area contributed by atoms with Gasteiger partial charge >= 0.3 is 6.03 Å². The number of rotatable bonds is 2. The molecule has 7 heteroatoms. The molecule has 1 fully saturated rings. The van der Waals surface area contributed by atoms with Gasteiger partial charge in [-0.05, 0) is 24.3 Å². The minimum Gasteiger partial charge on any atom is -0.364 e. The van der Waals surface area contributed by atoms with E-state index < -0.39 is 0 Å². The van der Waals surface area contributed by atoms with Crippen LogP contribution in [0.2, 0.25) is 0 Å². The predicted molar refractivity (Wildman–Crippen MR) is 75.2 cm³/mol. The number of primary amides is 1. The topological polar surface area (TPSA) is 84.1 Å². The van der Waals surface area contributed by atoms with Gasteiger partial charge < -0.3 is 16.0 Å². The molecule has 2 aromatic rings. The lowest BCUT2D eigenvalue weighted by atomic mass is 10.1. The highest BCUT2D eigenvalue weighted by molar-refractivity contribution is 7.17. The Kier molecular flexibility index (Phi) is 3.20. The second-order valence-corrected chi connectivity index (χ2v) is 5.54. The Balaban J connectivity index is 1.77. The predicted octanol–water partition coefficient (Wildman–Crippen LogP) is 1.65. The van der Waals surface area contributed by atoms with Crippen LogP contribution < -0.4 is 11.1 Å². The second-order valence-electron chi connectivity index (χ2n) is 4.62. The van der Waals surface area contributed by atoms with E-state index in [9.17, 15) is 4.79 Å². The van der Waals surface area contributed by atoms with Gasteiger partial charge in [0.2, 0.25) is 0 Å². The molecule has 2 aromatic heterocycles. The van der Waals surface area contributed by atoms with Crippen molar-refractivity contribution in [1.82, 2.24) is 14.9 Å². The molecule has 0 aromatic carbocycles. The van der Waals surface area contributed by atoms with Crippen LogP contribution in [0.4, 0.5) is 10.6 Å². The first-order valence-electron chi connectivity index (χ1n) is 6.23. The lowest BCUT2D eigenvalue weighted by Gasteiger charge is -2.32. The highest BCUT2D eigenvalue weighted by atomic mass is 32.1. The molecule has 1 atom stereocenters. The summed E-state index contributed by atoms with van der Waals surface area (Å²) in [7, 11) is 0. The molecule has 1 unspecified atom stereocenters.